The van der Waals surface area contributed by atoms with Crippen molar-refractivity contribution in [3.8, 4) is 0 Å². The number of aryl methyl sites for hydroxylation is 1. The lowest BCUT2D eigenvalue weighted by Gasteiger charge is -2.16. The van der Waals surface area contributed by atoms with Crippen molar-refractivity contribution in [2.24, 2.45) is 5.73 Å². The molecular formula is C14H20N2O. The number of nitrogens with two attached hydrogens (primary N) is 1. The Hall–Kier alpha value is -1.35. The van der Waals surface area contributed by atoms with Crippen LogP contribution in [-0.2, 0) is 17.6 Å². The van der Waals surface area contributed by atoms with Crippen LogP contribution in [0, 0.1) is 0 Å². The Kier molecular flexibility index (Phi) is 3.48. The summed E-state index contributed by atoms with van der Waals surface area (Å²) in [6.07, 6.45) is 3.48. The normalized spacial score (nSPS) is 15.6. The minimum atomic E-state index is 0.0265. The Balaban J connectivity index is 2.43. The first-order valence-electron chi connectivity index (χ1n) is 6.36. The number of nitrogens with one attached hydrogen (secondary N) is 1. The standard InChI is InChI=1S/C14H20N2O/c1-3-5-12(15)11-7-9(4-2)6-10-8-13(17)16-14(10)11/h6-7,12H,3-5,8,15H2,1-2H3,(H,16,17). The van der Waals surface area contributed by atoms with Gasteiger partial charge >= 0.3 is 0 Å². The zero-order valence-electron chi connectivity index (χ0n) is 10.5. The van der Waals surface area contributed by atoms with Crippen LogP contribution >= 0.6 is 0 Å². The lowest BCUT2D eigenvalue weighted by Crippen LogP contribution is -2.13. The number of anilines is 1. The van der Waals surface area contributed by atoms with Crippen LogP contribution < -0.4 is 11.1 Å². The average molecular weight is 232 g/mol. The van der Waals surface area contributed by atoms with Gasteiger partial charge < -0.3 is 11.1 Å². The first-order chi connectivity index (χ1) is 8.15. The number of hydrogen-bond acceptors (Lipinski definition) is 2. The number of carbonyl (C=O) groups excluding carboxylic acids is 1. The Morgan fingerprint density at radius 2 is 2.18 bits per heavy atom. The van der Waals surface area contributed by atoms with Gasteiger partial charge in [-0.1, -0.05) is 32.4 Å². The second-order valence-corrected chi connectivity index (χ2v) is 4.69. The second-order valence-electron chi connectivity index (χ2n) is 4.69. The summed E-state index contributed by atoms with van der Waals surface area (Å²) in [5, 5.41) is 2.94. The molecule has 17 heavy (non-hydrogen) atoms. The van der Waals surface area contributed by atoms with E-state index in [4.69, 9.17) is 5.73 Å². The van der Waals surface area contributed by atoms with Crippen LogP contribution in [0.25, 0.3) is 0 Å². The van der Waals surface area contributed by atoms with E-state index in [1.165, 1.54) is 5.56 Å². The van der Waals surface area contributed by atoms with Gasteiger partial charge in [-0.25, -0.2) is 0 Å². The van der Waals surface area contributed by atoms with Gasteiger partial charge in [-0.15, -0.1) is 0 Å². The molecule has 0 saturated heterocycles. The number of rotatable bonds is 4. The van der Waals surface area contributed by atoms with Crippen LogP contribution in [0.3, 0.4) is 0 Å². The monoisotopic (exact) mass is 232 g/mol. The molecule has 1 unspecified atom stereocenters. The van der Waals surface area contributed by atoms with E-state index in [9.17, 15) is 4.79 Å². The van der Waals surface area contributed by atoms with E-state index in [0.29, 0.717) is 6.42 Å². The highest BCUT2D eigenvalue weighted by molar-refractivity contribution is 6.00. The fourth-order valence-corrected chi connectivity index (χ4v) is 2.41. The second kappa shape index (κ2) is 4.88. The largest absolute Gasteiger partial charge is 0.325 e. The number of amides is 1. The van der Waals surface area contributed by atoms with E-state index in [1.54, 1.807) is 0 Å². The Morgan fingerprint density at radius 1 is 1.41 bits per heavy atom. The van der Waals surface area contributed by atoms with Crippen LogP contribution in [0.2, 0.25) is 0 Å². The third-order valence-corrected chi connectivity index (χ3v) is 3.33. The van der Waals surface area contributed by atoms with Gasteiger partial charge in [-0.2, -0.15) is 0 Å². The smallest absolute Gasteiger partial charge is 0.228 e. The molecule has 1 aliphatic rings. The molecule has 0 fully saturated rings. The molecule has 0 bridgehead atoms. The molecule has 3 N–H and O–H groups in total. The summed E-state index contributed by atoms with van der Waals surface area (Å²) < 4.78 is 0. The average Bonchev–Trinajstić information content (AvgIpc) is 2.67. The van der Waals surface area contributed by atoms with Crippen LogP contribution in [0.4, 0.5) is 5.69 Å². The third kappa shape index (κ3) is 2.34. The Morgan fingerprint density at radius 3 is 2.82 bits per heavy atom. The molecule has 1 amide bonds. The molecule has 1 aliphatic heterocycles. The summed E-state index contributed by atoms with van der Waals surface area (Å²) in [5.74, 6) is 0.0817. The van der Waals surface area contributed by atoms with Gasteiger partial charge in [0.15, 0.2) is 0 Å². The zero-order valence-corrected chi connectivity index (χ0v) is 10.5. The molecule has 1 aromatic rings. The highest BCUT2D eigenvalue weighted by Gasteiger charge is 2.23. The van der Waals surface area contributed by atoms with Crippen molar-refractivity contribution in [1.82, 2.24) is 0 Å². The number of hydrogen-bond donors (Lipinski definition) is 2. The maximum absolute atomic E-state index is 11.5. The first-order valence-corrected chi connectivity index (χ1v) is 6.36. The van der Waals surface area contributed by atoms with E-state index >= 15 is 0 Å². The van der Waals surface area contributed by atoms with Crippen LogP contribution in [0.15, 0.2) is 12.1 Å². The van der Waals surface area contributed by atoms with Crippen molar-refractivity contribution >= 4 is 11.6 Å². The fourth-order valence-electron chi connectivity index (χ4n) is 2.41. The minimum absolute atomic E-state index is 0.0265. The third-order valence-electron chi connectivity index (χ3n) is 3.33. The number of benzene rings is 1. The van der Waals surface area contributed by atoms with Crippen LogP contribution in [0.5, 0.6) is 0 Å². The topological polar surface area (TPSA) is 55.1 Å². The molecule has 2 rings (SSSR count). The van der Waals surface area contributed by atoms with Gasteiger partial charge in [0, 0.05) is 11.7 Å². The van der Waals surface area contributed by atoms with Crippen molar-refractivity contribution in [2.45, 2.75) is 45.6 Å². The zero-order chi connectivity index (χ0) is 12.4. The molecule has 3 heteroatoms. The molecule has 0 spiro atoms. The molecule has 3 nitrogen and oxygen atoms in total. The van der Waals surface area contributed by atoms with Gasteiger partial charge in [0.2, 0.25) is 5.91 Å². The number of carbonyl (C=O) groups is 1. The summed E-state index contributed by atoms with van der Waals surface area (Å²) in [6, 6.07) is 4.29. The van der Waals surface area contributed by atoms with E-state index in [1.807, 2.05) is 0 Å². The molecule has 1 atom stereocenters. The molecular weight excluding hydrogens is 212 g/mol. The summed E-state index contributed by atoms with van der Waals surface area (Å²) in [7, 11) is 0. The van der Waals surface area contributed by atoms with E-state index in [2.05, 4.69) is 31.3 Å². The quantitative estimate of drug-likeness (QED) is 0.838. The lowest BCUT2D eigenvalue weighted by atomic mass is 9.95. The molecule has 0 aliphatic carbocycles. The number of fused-ring (bicyclic) bond motifs is 1. The molecule has 92 valence electrons. The molecule has 0 radical (unpaired) electrons. The summed E-state index contributed by atoms with van der Waals surface area (Å²) in [5.41, 5.74) is 10.6. The van der Waals surface area contributed by atoms with Crippen molar-refractivity contribution in [1.29, 1.82) is 0 Å². The van der Waals surface area contributed by atoms with Crippen molar-refractivity contribution in [3.05, 3.63) is 28.8 Å². The van der Waals surface area contributed by atoms with E-state index < -0.39 is 0 Å². The SMILES string of the molecule is CCCC(N)c1cc(CC)cc2c1NC(=O)C2. The van der Waals surface area contributed by atoms with Crippen LogP contribution in [0.1, 0.15) is 49.4 Å². The summed E-state index contributed by atoms with van der Waals surface area (Å²) in [4.78, 5) is 11.5. The highest BCUT2D eigenvalue weighted by atomic mass is 16.1. The Labute approximate surface area is 102 Å². The fraction of sp³-hybridized carbons (Fsp3) is 0.500. The van der Waals surface area contributed by atoms with Gasteiger partial charge in [0.25, 0.3) is 0 Å². The van der Waals surface area contributed by atoms with Gasteiger partial charge in [0.1, 0.15) is 0 Å². The minimum Gasteiger partial charge on any atom is -0.325 e. The predicted molar refractivity (Wildman–Crippen MR) is 70.0 cm³/mol. The van der Waals surface area contributed by atoms with E-state index in [-0.39, 0.29) is 11.9 Å². The highest BCUT2D eigenvalue weighted by Crippen LogP contribution is 2.33. The summed E-state index contributed by atoms with van der Waals surface area (Å²) >= 11 is 0. The molecule has 0 saturated carbocycles. The van der Waals surface area contributed by atoms with Crippen LogP contribution in [-0.4, -0.2) is 5.91 Å². The molecule has 0 aromatic heterocycles. The maximum atomic E-state index is 11.5. The van der Waals surface area contributed by atoms with E-state index in [0.717, 1.165) is 36.1 Å². The van der Waals surface area contributed by atoms with Crippen molar-refractivity contribution in [3.63, 3.8) is 0 Å². The van der Waals surface area contributed by atoms with Gasteiger partial charge in [0.05, 0.1) is 6.42 Å². The first kappa shape index (κ1) is 12.1. The Bertz CT molecular complexity index is 440. The van der Waals surface area contributed by atoms with Crippen molar-refractivity contribution in [2.75, 3.05) is 5.32 Å². The van der Waals surface area contributed by atoms with Gasteiger partial charge in [-0.3, -0.25) is 4.79 Å². The summed E-state index contributed by atoms with van der Waals surface area (Å²) in [6.45, 7) is 4.25. The van der Waals surface area contributed by atoms with Gasteiger partial charge in [-0.05, 0) is 29.5 Å². The molecule has 1 heterocycles. The lowest BCUT2D eigenvalue weighted by molar-refractivity contribution is -0.115. The van der Waals surface area contributed by atoms with Crippen molar-refractivity contribution < 1.29 is 4.79 Å². The predicted octanol–water partition coefficient (Wildman–Crippen LogP) is 2.54. The molecule has 1 aromatic carbocycles. The maximum Gasteiger partial charge on any atom is 0.228 e.